The van der Waals surface area contributed by atoms with Crippen LogP contribution in [0.25, 0.3) is 0 Å². The number of unbranched alkanes of at least 4 members (excludes halogenated alkanes) is 33. The molecule has 0 saturated heterocycles. The predicted molar refractivity (Wildman–Crippen MR) is 325 cm³/mol. The first-order chi connectivity index (χ1) is 38.2. The number of carbonyl (C=O) groups is 3. The van der Waals surface area contributed by atoms with E-state index in [2.05, 4.69) is 81.5 Å². The Bertz CT molecular complexity index is 1540. The Morgan fingerprint density at radius 3 is 1.05 bits per heavy atom. The molecule has 11 nitrogen and oxygen atoms in total. The zero-order valence-corrected chi connectivity index (χ0v) is 51.3. The van der Waals surface area contributed by atoms with Crippen molar-refractivity contribution in [2.45, 2.75) is 315 Å². The van der Waals surface area contributed by atoms with Crippen LogP contribution in [0.5, 0.6) is 0 Å². The van der Waals surface area contributed by atoms with E-state index < -0.39 is 57.8 Å². The van der Waals surface area contributed by atoms with Gasteiger partial charge in [0.25, 0.3) is 0 Å². The molecule has 0 heterocycles. The van der Waals surface area contributed by atoms with Gasteiger partial charge in [0.1, 0.15) is 12.7 Å². The molecule has 0 rings (SSSR count). The van der Waals surface area contributed by atoms with Gasteiger partial charge in [-0.3, -0.25) is 23.4 Å². The van der Waals surface area contributed by atoms with E-state index in [4.69, 9.17) is 23.3 Å². The molecule has 0 bridgehead atoms. The van der Waals surface area contributed by atoms with Gasteiger partial charge in [-0.25, -0.2) is 4.57 Å². The van der Waals surface area contributed by atoms with Gasteiger partial charge < -0.3 is 24.2 Å². The maximum absolute atomic E-state index is 13.0. The number of esters is 3. The molecule has 0 aromatic rings. The van der Waals surface area contributed by atoms with Crippen LogP contribution >= 0.6 is 7.82 Å². The molecule has 0 aromatic carbocycles. The minimum Gasteiger partial charge on any atom is -0.462 e. The van der Waals surface area contributed by atoms with Crippen molar-refractivity contribution in [2.75, 3.05) is 26.4 Å². The van der Waals surface area contributed by atoms with E-state index in [1.807, 2.05) is 0 Å². The molecular formula is C66H119O11P. The highest BCUT2D eigenvalue weighted by Gasteiger charge is 2.28. The highest BCUT2D eigenvalue weighted by molar-refractivity contribution is 7.47. The maximum Gasteiger partial charge on any atom is 0.472 e. The monoisotopic (exact) mass is 1120 g/mol. The second kappa shape index (κ2) is 60.3. The molecule has 0 amide bonds. The highest BCUT2D eigenvalue weighted by atomic mass is 31.2. The molecule has 2 N–H and O–H groups in total. The molecule has 12 heteroatoms. The number of hydrogen-bond donors (Lipinski definition) is 2. The number of aliphatic hydroxyl groups is 1. The lowest BCUT2D eigenvalue weighted by atomic mass is 10.0. The number of phosphoric ester groups is 1. The van der Waals surface area contributed by atoms with E-state index in [1.54, 1.807) is 0 Å². The van der Waals surface area contributed by atoms with Crippen LogP contribution in [-0.2, 0) is 42.2 Å². The van der Waals surface area contributed by atoms with Crippen LogP contribution in [0, 0.1) is 0 Å². The van der Waals surface area contributed by atoms with Crippen molar-refractivity contribution < 1.29 is 52.2 Å². The molecule has 0 aromatic heterocycles. The smallest absolute Gasteiger partial charge is 0.462 e. The molecule has 0 aliphatic rings. The molecule has 78 heavy (non-hydrogen) atoms. The molecular weight excluding hydrogens is 1000 g/mol. The van der Waals surface area contributed by atoms with Crippen molar-refractivity contribution in [3.05, 3.63) is 60.8 Å². The number of allylic oxidation sites excluding steroid dienone is 10. The van der Waals surface area contributed by atoms with E-state index >= 15 is 0 Å². The summed E-state index contributed by atoms with van der Waals surface area (Å²) in [5.74, 6) is -1.47. The van der Waals surface area contributed by atoms with Crippen molar-refractivity contribution in [2.24, 2.45) is 0 Å². The molecule has 3 unspecified atom stereocenters. The minimum atomic E-state index is -4.76. The fourth-order valence-corrected chi connectivity index (χ4v) is 9.83. The van der Waals surface area contributed by atoms with Crippen LogP contribution in [0.15, 0.2) is 60.8 Å². The zero-order valence-electron chi connectivity index (χ0n) is 50.4. The Hall–Kier alpha value is -2.82. The first kappa shape index (κ1) is 75.2. The number of phosphoric acid groups is 1. The van der Waals surface area contributed by atoms with Gasteiger partial charge in [0.05, 0.1) is 19.8 Å². The third kappa shape index (κ3) is 57.9. The van der Waals surface area contributed by atoms with Gasteiger partial charge in [-0.1, -0.05) is 261 Å². The van der Waals surface area contributed by atoms with E-state index in [0.29, 0.717) is 19.3 Å². The van der Waals surface area contributed by atoms with Crippen molar-refractivity contribution >= 4 is 25.7 Å². The van der Waals surface area contributed by atoms with Crippen LogP contribution < -0.4 is 0 Å². The SMILES string of the molecule is CC/C=C\C/C=C\C/C=C\CCCCCCCCCC(=O)OCC(COP(=O)(O)OCC(CO)OC(=O)CCCCCCCCCCCCCCCCCCC)OC(=O)CCCCCCCCC/C=C\C/C=C\CCCCC. The summed E-state index contributed by atoms with van der Waals surface area (Å²) in [5, 5.41) is 9.86. The lowest BCUT2D eigenvalue weighted by Gasteiger charge is -2.21. The van der Waals surface area contributed by atoms with Crippen LogP contribution in [0.3, 0.4) is 0 Å². The topological polar surface area (TPSA) is 155 Å². The Balaban J connectivity index is 4.69. The second-order valence-corrected chi connectivity index (χ2v) is 23.0. The molecule has 454 valence electrons. The first-order valence-corrected chi connectivity index (χ1v) is 33.7. The van der Waals surface area contributed by atoms with Gasteiger partial charge in [0.2, 0.25) is 0 Å². The maximum atomic E-state index is 13.0. The van der Waals surface area contributed by atoms with Crippen LogP contribution in [0.2, 0.25) is 0 Å². The predicted octanol–water partition coefficient (Wildman–Crippen LogP) is 19.5. The number of aliphatic hydroxyl groups excluding tert-OH is 1. The summed E-state index contributed by atoms with van der Waals surface area (Å²) in [7, 11) is -4.76. The van der Waals surface area contributed by atoms with Gasteiger partial charge in [0.15, 0.2) is 6.10 Å². The Labute approximate surface area is 478 Å². The third-order valence-corrected chi connectivity index (χ3v) is 14.9. The standard InChI is InChI=1S/C66H119O11P/c1-4-7-10-13-16-19-22-25-28-31-34-37-40-43-46-49-52-55-64(68)73-59-63(77-66(70)57-54-51-48-45-42-39-36-33-30-27-24-21-18-15-12-9-6-3)61-75-78(71,72)74-60-62(58-67)76-65(69)56-53-50-47-44-41-38-35-32-29-26-23-20-17-14-11-8-5-2/h7,10,16,18-19,21,25,27-28,30,62-63,67H,4-6,8-9,11-15,17,20,22-24,26,29,31-61H2,1-3H3,(H,71,72)/b10-7-,19-16-,21-18-,28-25-,30-27-. The fourth-order valence-electron chi connectivity index (χ4n) is 9.05. The lowest BCUT2D eigenvalue weighted by molar-refractivity contribution is -0.161. The number of carbonyl (C=O) groups excluding carboxylic acids is 3. The Kier molecular flexibility index (Phi) is 58.1. The summed E-state index contributed by atoms with van der Waals surface area (Å²) in [4.78, 5) is 48.7. The van der Waals surface area contributed by atoms with Gasteiger partial charge in [-0.15, -0.1) is 0 Å². The van der Waals surface area contributed by atoms with Crippen molar-refractivity contribution in [1.29, 1.82) is 0 Å². The molecule has 0 radical (unpaired) electrons. The Morgan fingerprint density at radius 2 is 0.667 bits per heavy atom. The molecule has 0 fully saturated rings. The average Bonchev–Trinajstić information content (AvgIpc) is 3.43. The summed E-state index contributed by atoms with van der Waals surface area (Å²) < 4.78 is 39.7. The van der Waals surface area contributed by atoms with E-state index in [0.717, 1.165) is 109 Å². The molecule has 0 spiro atoms. The van der Waals surface area contributed by atoms with Gasteiger partial charge in [-0.2, -0.15) is 0 Å². The lowest BCUT2D eigenvalue weighted by Crippen LogP contribution is -2.30. The van der Waals surface area contributed by atoms with Crippen LogP contribution in [0.4, 0.5) is 0 Å². The largest absolute Gasteiger partial charge is 0.472 e. The number of ether oxygens (including phenoxy) is 3. The third-order valence-electron chi connectivity index (χ3n) is 13.9. The fraction of sp³-hybridized carbons (Fsp3) is 0.803. The van der Waals surface area contributed by atoms with Gasteiger partial charge in [-0.05, 0) is 83.5 Å². The summed E-state index contributed by atoms with van der Waals surface area (Å²) in [5.41, 5.74) is 0. The molecule has 3 atom stereocenters. The van der Waals surface area contributed by atoms with Crippen LogP contribution in [0.1, 0.15) is 303 Å². The number of hydrogen-bond acceptors (Lipinski definition) is 10. The van der Waals surface area contributed by atoms with E-state index in [1.165, 1.54) is 135 Å². The summed E-state index contributed by atoms with van der Waals surface area (Å²) >= 11 is 0. The molecule has 0 aliphatic carbocycles. The summed E-state index contributed by atoms with van der Waals surface area (Å²) in [6.07, 6.45) is 67.4. The Morgan fingerprint density at radius 1 is 0.372 bits per heavy atom. The highest BCUT2D eigenvalue weighted by Crippen LogP contribution is 2.43. The van der Waals surface area contributed by atoms with Crippen molar-refractivity contribution in [3.63, 3.8) is 0 Å². The second-order valence-electron chi connectivity index (χ2n) is 21.6. The van der Waals surface area contributed by atoms with Crippen molar-refractivity contribution in [3.8, 4) is 0 Å². The average molecular weight is 1120 g/mol. The first-order valence-electron chi connectivity index (χ1n) is 32.2. The van der Waals surface area contributed by atoms with Crippen LogP contribution in [-0.4, -0.2) is 66.5 Å². The normalized spacial score (nSPS) is 13.7. The van der Waals surface area contributed by atoms with Crippen molar-refractivity contribution in [1.82, 2.24) is 0 Å². The number of rotatable bonds is 60. The summed E-state index contributed by atoms with van der Waals surface area (Å²) in [6.45, 7) is 4.55. The zero-order chi connectivity index (χ0) is 56.9. The van der Waals surface area contributed by atoms with E-state index in [9.17, 15) is 28.9 Å². The van der Waals surface area contributed by atoms with E-state index in [-0.39, 0.29) is 25.9 Å². The van der Waals surface area contributed by atoms with Gasteiger partial charge >= 0.3 is 25.7 Å². The minimum absolute atomic E-state index is 0.157. The molecule has 0 saturated carbocycles. The quantitative estimate of drug-likeness (QED) is 0.0197. The molecule has 0 aliphatic heterocycles. The van der Waals surface area contributed by atoms with Gasteiger partial charge in [0, 0.05) is 19.3 Å². The summed E-state index contributed by atoms with van der Waals surface area (Å²) in [6, 6.07) is 0.